The van der Waals surface area contributed by atoms with Crippen LogP contribution in [0.1, 0.15) is 21.7 Å². The minimum absolute atomic E-state index is 0.0515. The van der Waals surface area contributed by atoms with E-state index in [1.807, 2.05) is 43.3 Å². The number of nitrogens with one attached hydrogen (secondary N) is 3. The van der Waals surface area contributed by atoms with Crippen molar-refractivity contribution in [3.8, 4) is 11.4 Å². The van der Waals surface area contributed by atoms with Crippen molar-refractivity contribution >= 4 is 29.7 Å². The van der Waals surface area contributed by atoms with Gasteiger partial charge in [0, 0.05) is 17.8 Å². The van der Waals surface area contributed by atoms with Gasteiger partial charge in [-0.3, -0.25) is 19.3 Å². The zero-order chi connectivity index (χ0) is 22.5. The van der Waals surface area contributed by atoms with Crippen LogP contribution < -0.4 is 10.6 Å². The van der Waals surface area contributed by atoms with Gasteiger partial charge in [0.05, 0.1) is 6.26 Å². The normalized spacial score (nSPS) is 10.7. The fourth-order valence-electron chi connectivity index (χ4n) is 3.18. The lowest BCUT2D eigenvalue weighted by atomic mass is 10.1. The molecule has 3 N–H and O–H groups in total. The number of amides is 2. The molecule has 9 heteroatoms. The van der Waals surface area contributed by atoms with Crippen LogP contribution in [0.25, 0.3) is 11.4 Å². The fraction of sp³-hybridized carbons (Fsp3) is 0.130. The lowest BCUT2D eigenvalue weighted by Gasteiger charge is -2.09. The molecule has 0 aliphatic heterocycles. The molecule has 0 atom stereocenters. The smallest absolute Gasteiger partial charge is 0.291 e. The van der Waals surface area contributed by atoms with Gasteiger partial charge in [0.25, 0.3) is 5.91 Å². The number of hydrogen-bond donors (Lipinski definition) is 3. The average molecular weight is 448 g/mol. The quantitative estimate of drug-likeness (QED) is 0.370. The van der Waals surface area contributed by atoms with Crippen LogP contribution in [0, 0.1) is 11.7 Å². The van der Waals surface area contributed by atoms with E-state index in [0.29, 0.717) is 22.8 Å². The first kappa shape index (κ1) is 21.3. The van der Waals surface area contributed by atoms with Crippen LogP contribution >= 0.6 is 12.2 Å². The second-order valence-corrected chi connectivity index (χ2v) is 7.60. The van der Waals surface area contributed by atoms with Crippen molar-refractivity contribution < 1.29 is 14.0 Å². The van der Waals surface area contributed by atoms with Crippen molar-refractivity contribution in [2.45, 2.75) is 20.0 Å². The van der Waals surface area contributed by atoms with Crippen molar-refractivity contribution in [1.29, 1.82) is 0 Å². The van der Waals surface area contributed by atoms with E-state index in [2.05, 4.69) is 20.8 Å². The summed E-state index contributed by atoms with van der Waals surface area (Å²) in [4.78, 5) is 24.6. The number of aryl methyl sites for hydroxylation is 1. The third-order valence-electron chi connectivity index (χ3n) is 4.78. The maximum absolute atomic E-state index is 12.5. The number of H-pyrrole nitrogens is 1. The average Bonchev–Trinajstić information content (AvgIpc) is 3.44. The number of carbonyl (C=O) groups is 2. The lowest BCUT2D eigenvalue weighted by Crippen LogP contribution is -2.27. The Balaban J connectivity index is 1.35. The maximum atomic E-state index is 12.5. The van der Waals surface area contributed by atoms with Gasteiger partial charge in [-0.25, -0.2) is 0 Å². The SMILES string of the molecule is Cc1cccc(-c2n[nH]c(=S)n2CC(=O)NCc2ccc(NC(=O)c3ccco3)cc2)c1. The highest BCUT2D eigenvalue weighted by Crippen LogP contribution is 2.18. The largest absolute Gasteiger partial charge is 0.459 e. The summed E-state index contributed by atoms with van der Waals surface area (Å²) < 4.78 is 7.13. The lowest BCUT2D eigenvalue weighted by molar-refractivity contribution is -0.121. The molecule has 2 aromatic carbocycles. The summed E-state index contributed by atoms with van der Waals surface area (Å²) in [6.07, 6.45) is 1.45. The van der Waals surface area contributed by atoms with Gasteiger partial charge in [-0.15, -0.1) is 0 Å². The van der Waals surface area contributed by atoms with Crippen LogP contribution in [0.15, 0.2) is 71.3 Å². The number of benzene rings is 2. The van der Waals surface area contributed by atoms with Gasteiger partial charge in [-0.2, -0.15) is 5.10 Å². The molecule has 162 valence electrons. The molecule has 0 unspecified atom stereocenters. The standard InChI is InChI=1S/C23H21N5O3S/c1-15-4-2-5-17(12-15)21-26-27-23(32)28(21)14-20(29)24-13-16-7-9-18(10-8-16)25-22(30)19-6-3-11-31-19/h2-12H,13-14H2,1H3,(H,24,29)(H,25,30)(H,27,32). The second-order valence-electron chi connectivity index (χ2n) is 7.21. The van der Waals surface area contributed by atoms with Gasteiger partial charge in [0.15, 0.2) is 16.4 Å². The predicted octanol–water partition coefficient (Wildman–Crippen LogP) is 4.08. The van der Waals surface area contributed by atoms with Gasteiger partial charge < -0.3 is 15.1 Å². The number of hydrogen-bond acceptors (Lipinski definition) is 5. The number of aromatic amines is 1. The third kappa shape index (κ3) is 5.01. The predicted molar refractivity (Wildman–Crippen MR) is 123 cm³/mol. The van der Waals surface area contributed by atoms with Gasteiger partial charge in [-0.1, -0.05) is 35.9 Å². The summed E-state index contributed by atoms with van der Waals surface area (Å²) in [5, 5.41) is 12.7. The molecule has 2 heterocycles. The first-order valence-electron chi connectivity index (χ1n) is 9.92. The minimum Gasteiger partial charge on any atom is -0.459 e. The highest BCUT2D eigenvalue weighted by atomic mass is 32.1. The Morgan fingerprint density at radius 3 is 2.66 bits per heavy atom. The molecule has 32 heavy (non-hydrogen) atoms. The molecule has 0 bridgehead atoms. The van der Waals surface area contributed by atoms with E-state index < -0.39 is 0 Å². The molecule has 0 spiro atoms. The molecule has 0 radical (unpaired) electrons. The Hall–Kier alpha value is -3.98. The van der Waals surface area contributed by atoms with Crippen LogP contribution in [-0.4, -0.2) is 26.6 Å². The number of carbonyl (C=O) groups excluding carboxylic acids is 2. The first-order chi connectivity index (χ1) is 15.5. The Morgan fingerprint density at radius 1 is 1.12 bits per heavy atom. The van der Waals surface area contributed by atoms with Crippen molar-refractivity contribution in [3.05, 3.63) is 88.6 Å². The summed E-state index contributed by atoms with van der Waals surface area (Å²) in [6, 6.07) is 18.3. The number of anilines is 1. The Bertz CT molecular complexity index is 1290. The highest BCUT2D eigenvalue weighted by molar-refractivity contribution is 7.71. The van der Waals surface area contributed by atoms with Crippen LogP contribution in [0.2, 0.25) is 0 Å². The molecule has 2 aromatic heterocycles. The van der Waals surface area contributed by atoms with Crippen LogP contribution in [0.4, 0.5) is 5.69 Å². The molecule has 0 fully saturated rings. The summed E-state index contributed by atoms with van der Waals surface area (Å²) in [5.41, 5.74) is 3.51. The molecule has 2 amide bonds. The Morgan fingerprint density at radius 2 is 1.94 bits per heavy atom. The van der Waals surface area contributed by atoms with Crippen molar-refractivity contribution in [2.75, 3.05) is 5.32 Å². The number of furan rings is 1. The van der Waals surface area contributed by atoms with Crippen molar-refractivity contribution in [2.24, 2.45) is 0 Å². The third-order valence-corrected chi connectivity index (χ3v) is 5.09. The molecular weight excluding hydrogens is 426 g/mol. The van der Waals surface area contributed by atoms with E-state index in [0.717, 1.165) is 16.7 Å². The van der Waals surface area contributed by atoms with E-state index in [9.17, 15) is 9.59 Å². The molecule has 4 rings (SSSR count). The first-order valence-corrected chi connectivity index (χ1v) is 10.3. The Labute approximate surface area is 189 Å². The number of nitrogens with zero attached hydrogens (tertiary/aromatic N) is 2. The zero-order valence-electron chi connectivity index (χ0n) is 17.3. The van der Waals surface area contributed by atoms with Crippen molar-refractivity contribution in [1.82, 2.24) is 20.1 Å². The topological polar surface area (TPSA) is 105 Å². The van der Waals surface area contributed by atoms with Crippen LogP contribution in [0.5, 0.6) is 0 Å². The highest BCUT2D eigenvalue weighted by Gasteiger charge is 2.13. The second kappa shape index (κ2) is 9.44. The monoisotopic (exact) mass is 447 g/mol. The van der Waals surface area contributed by atoms with Gasteiger partial charge in [0.2, 0.25) is 5.91 Å². The van der Waals surface area contributed by atoms with E-state index >= 15 is 0 Å². The molecule has 0 saturated heterocycles. The maximum Gasteiger partial charge on any atom is 0.291 e. The molecule has 0 aliphatic rings. The van der Waals surface area contributed by atoms with Gasteiger partial charge >= 0.3 is 0 Å². The Kier molecular flexibility index (Phi) is 6.27. The fourth-order valence-corrected chi connectivity index (χ4v) is 3.37. The van der Waals surface area contributed by atoms with E-state index in [1.165, 1.54) is 6.26 Å². The van der Waals surface area contributed by atoms with E-state index in [-0.39, 0.29) is 24.1 Å². The van der Waals surface area contributed by atoms with Gasteiger partial charge in [-0.05, 0) is 55.0 Å². The minimum atomic E-state index is -0.322. The summed E-state index contributed by atoms with van der Waals surface area (Å²) in [5.74, 6) is 0.346. The van der Waals surface area contributed by atoms with E-state index in [1.54, 1.807) is 28.8 Å². The summed E-state index contributed by atoms with van der Waals surface area (Å²) in [7, 11) is 0. The summed E-state index contributed by atoms with van der Waals surface area (Å²) in [6.45, 7) is 2.39. The van der Waals surface area contributed by atoms with E-state index in [4.69, 9.17) is 16.6 Å². The molecule has 0 saturated carbocycles. The zero-order valence-corrected chi connectivity index (χ0v) is 18.1. The summed E-state index contributed by atoms with van der Waals surface area (Å²) >= 11 is 5.30. The molecule has 0 aliphatic carbocycles. The van der Waals surface area contributed by atoms with Crippen LogP contribution in [0.3, 0.4) is 0 Å². The van der Waals surface area contributed by atoms with Crippen LogP contribution in [-0.2, 0) is 17.9 Å². The number of rotatable bonds is 7. The molecule has 4 aromatic rings. The number of aromatic nitrogens is 3. The molecular formula is C23H21N5O3S. The molecule has 8 nitrogen and oxygen atoms in total. The van der Waals surface area contributed by atoms with Crippen molar-refractivity contribution in [3.63, 3.8) is 0 Å². The van der Waals surface area contributed by atoms with Gasteiger partial charge in [0.1, 0.15) is 6.54 Å².